The van der Waals surface area contributed by atoms with E-state index < -0.39 is 29.8 Å². The number of carboxylic acid groups (broad SMARTS) is 1. The predicted octanol–water partition coefficient (Wildman–Crippen LogP) is 5.37. The SMILES string of the molecule is Cc1cc(CC(=O)C(F)(O[C@H]2CC[C@H](C(=O)O)CC2)N2CCCC2)ccc1Nc1nc2ccccc2o1. The van der Waals surface area contributed by atoms with Crippen molar-refractivity contribution in [1.29, 1.82) is 0 Å². The molecule has 9 heteroatoms. The maximum Gasteiger partial charge on any atom is 0.330 e. The number of alkyl halides is 1. The van der Waals surface area contributed by atoms with Crippen LogP contribution in [0.3, 0.4) is 0 Å². The molecule has 1 atom stereocenters. The highest BCUT2D eigenvalue weighted by molar-refractivity contribution is 5.87. The smallest absolute Gasteiger partial charge is 0.330 e. The molecule has 1 aromatic heterocycles. The van der Waals surface area contributed by atoms with Crippen molar-refractivity contribution in [3.63, 3.8) is 0 Å². The molecule has 0 radical (unpaired) electrons. The number of carbonyl (C=O) groups is 2. The van der Waals surface area contributed by atoms with Crippen molar-refractivity contribution in [2.75, 3.05) is 18.4 Å². The molecule has 1 saturated carbocycles. The largest absolute Gasteiger partial charge is 0.481 e. The predicted molar refractivity (Wildman–Crippen MR) is 136 cm³/mol. The van der Waals surface area contributed by atoms with Crippen LogP contribution >= 0.6 is 0 Å². The molecule has 37 heavy (non-hydrogen) atoms. The van der Waals surface area contributed by atoms with Crippen molar-refractivity contribution in [2.24, 2.45) is 5.92 Å². The normalized spacial score (nSPS) is 22.1. The molecule has 1 unspecified atom stereocenters. The van der Waals surface area contributed by atoms with Crippen LogP contribution in [0.2, 0.25) is 0 Å². The Hall–Kier alpha value is -3.30. The number of likely N-dealkylation sites (tertiary alicyclic amines) is 1. The highest BCUT2D eigenvalue weighted by atomic mass is 19.2. The van der Waals surface area contributed by atoms with Gasteiger partial charge in [0.1, 0.15) is 5.52 Å². The zero-order valence-corrected chi connectivity index (χ0v) is 20.9. The number of nitrogens with zero attached hydrogens (tertiary/aromatic N) is 2. The number of anilines is 2. The molecule has 1 saturated heterocycles. The van der Waals surface area contributed by atoms with Crippen LogP contribution in [0.1, 0.15) is 49.7 Å². The van der Waals surface area contributed by atoms with Gasteiger partial charge in [-0.2, -0.15) is 9.37 Å². The van der Waals surface area contributed by atoms with E-state index in [9.17, 15) is 14.7 Å². The number of ether oxygens (including phenoxy) is 1. The van der Waals surface area contributed by atoms with Crippen LogP contribution in [-0.2, 0) is 20.7 Å². The Kier molecular flexibility index (Phi) is 7.26. The van der Waals surface area contributed by atoms with E-state index in [1.807, 2.05) is 43.3 Å². The second-order valence-corrected chi connectivity index (χ2v) is 10.0. The highest BCUT2D eigenvalue weighted by Crippen LogP contribution is 2.34. The van der Waals surface area contributed by atoms with E-state index in [4.69, 9.17) is 9.15 Å². The summed E-state index contributed by atoms with van der Waals surface area (Å²) in [6, 6.07) is 13.3. The molecule has 5 rings (SSSR count). The minimum atomic E-state index is -2.51. The summed E-state index contributed by atoms with van der Waals surface area (Å²) in [4.78, 5) is 30.6. The van der Waals surface area contributed by atoms with Crippen molar-refractivity contribution in [2.45, 2.75) is 64.0 Å². The molecular formula is C28H32FN3O5. The third-order valence-electron chi connectivity index (χ3n) is 7.39. The van der Waals surface area contributed by atoms with Gasteiger partial charge in [-0.05, 0) is 74.8 Å². The number of carboxylic acids is 1. The van der Waals surface area contributed by atoms with Crippen LogP contribution in [0.4, 0.5) is 16.1 Å². The molecule has 0 bridgehead atoms. The number of aryl methyl sites for hydroxylation is 1. The van der Waals surface area contributed by atoms with Crippen molar-refractivity contribution < 1.29 is 28.2 Å². The summed E-state index contributed by atoms with van der Waals surface area (Å²) < 4.78 is 28.0. The number of benzene rings is 2. The minimum absolute atomic E-state index is 0.110. The zero-order valence-electron chi connectivity index (χ0n) is 20.9. The Labute approximate surface area is 214 Å². The Morgan fingerprint density at radius 1 is 1.16 bits per heavy atom. The number of halogens is 1. The molecule has 2 aliphatic rings. The summed E-state index contributed by atoms with van der Waals surface area (Å²) >= 11 is 0. The van der Waals surface area contributed by atoms with Crippen LogP contribution in [0.5, 0.6) is 0 Å². The topological polar surface area (TPSA) is 105 Å². The van der Waals surface area contributed by atoms with E-state index in [0.29, 0.717) is 55.9 Å². The summed E-state index contributed by atoms with van der Waals surface area (Å²) in [6.07, 6.45) is 2.75. The molecule has 196 valence electrons. The lowest BCUT2D eigenvalue weighted by Crippen LogP contribution is -2.54. The van der Waals surface area contributed by atoms with E-state index in [2.05, 4.69) is 10.3 Å². The van der Waals surface area contributed by atoms with Gasteiger partial charge in [0.2, 0.25) is 5.78 Å². The van der Waals surface area contributed by atoms with Gasteiger partial charge < -0.3 is 19.6 Å². The number of para-hydroxylation sites is 2. The molecule has 2 heterocycles. The number of carbonyl (C=O) groups excluding carboxylic acids is 1. The highest BCUT2D eigenvalue weighted by Gasteiger charge is 2.48. The number of rotatable bonds is 9. The number of aliphatic carboxylic acids is 1. The van der Waals surface area contributed by atoms with Gasteiger partial charge >= 0.3 is 11.9 Å². The zero-order chi connectivity index (χ0) is 26.0. The third kappa shape index (κ3) is 5.52. The molecule has 1 aliphatic heterocycles. The monoisotopic (exact) mass is 509 g/mol. The van der Waals surface area contributed by atoms with Gasteiger partial charge in [-0.3, -0.25) is 9.59 Å². The van der Waals surface area contributed by atoms with E-state index >= 15 is 4.39 Å². The average Bonchev–Trinajstić information content (AvgIpc) is 3.56. The molecule has 2 fully saturated rings. The number of hydrogen-bond acceptors (Lipinski definition) is 7. The van der Waals surface area contributed by atoms with E-state index in [1.165, 1.54) is 4.90 Å². The van der Waals surface area contributed by atoms with Gasteiger partial charge in [0.15, 0.2) is 5.58 Å². The lowest BCUT2D eigenvalue weighted by Gasteiger charge is -2.37. The fourth-order valence-corrected chi connectivity index (χ4v) is 5.28. The first-order chi connectivity index (χ1) is 17.8. The fraction of sp³-hybridized carbons (Fsp3) is 0.464. The van der Waals surface area contributed by atoms with Crippen molar-refractivity contribution in [3.05, 3.63) is 53.6 Å². The number of oxazole rings is 1. The standard InChI is InChI=1S/C28H32FN3O5/c1-18-16-19(8-13-22(18)30-27-31-23-6-2-3-7-24(23)36-27)17-25(33)28(29,32-14-4-5-15-32)37-21-11-9-20(10-12-21)26(34)35/h2-3,6-8,13,16,20-21H,4-5,9-12,14-15,17H2,1H3,(H,30,31)(H,34,35)/t20-,21-,28?. The van der Waals surface area contributed by atoms with Crippen molar-refractivity contribution >= 4 is 34.6 Å². The van der Waals surface area contributed by atoms with Crippen LogP contribution in [0.15, 0.2) is 46.9 Å². The third-order valence-corrected chi connectivity index (χ3v) is 7.39. The number of aromatic nitrogens is 1. The summed E-state index contributed by atoms with van der Waals surface area (Å²) in [5.74, 6) is -4.40. The first kappa shape index (κ1) is 25.4. The lowest BCUT2D eigenvalue weighted by molar-refractivity contribution is -0.252. The summed E-state index contributed by atoms with van der Waals surface area (Å²) in [7, 11) is 0. The first-order valence-corrected chi connectivity index (χ1v) is 12.9. The molecule has 3 aromatic rings. The van der Waals surface area contributed by atoms with E-state index in [0.717, 1.165) is 29.6 Å². The number of Topliss-reactive ketones (excluding diaryl/α,β-unsaturated/α-hetero) is 1. The average molecular weight is 510 g/mol. The molecule has 8 nitrogen and oxygen atoms in total. The number of fused-ring (bicyclic) bond motifs is 1. The maximum atomic E-state index is 16.4. The Morgan fingerprint density at radius 3 is 2.57 bits per heavy atom. The van der Waals surface area contributed by atoms with Crippen LogP contribution in [0.25, 0.3) is 11.1 Å². The van der Waals surface area contributed by atoms with E-state index in [-0.39, 0.29) is 6.42 Å². The van der Waals surface area contributed by atoms with E-state index in [1.54, 1.807) is 6.07 Å². The summed E-state index contributed by atoms with van der Waals surface area (Å²) in [6.45, 7) is 2.82. The number of hydrogen-bond donors (Lipinski definition) is 2. The van der Waals surface area contributed by atoms with Crippen LogP contribution < -0.4 is 5.32 Å². The van der Waals surface area contributed by atoms with Crippen LogP contribution in [-0.4, -0.2) is 51.9 Å². The van der Waals surface area contributed by atoms with Gasteiger partial charge in [0.05, 0.1) is 12.0 Å². The lowest BCUT2D eigenvalue weighted by atomic mass is 9.87. The summed E-state index contributed by atoms with van der Waals surface area (Å²) in [5.41, 5.74) is 3.77. The Bertz CT molecular complexity index is 1250. The summed E-state index contributed by atoms with van der Waals surface area (Å²) in [5, 5.41) is 12.4. The second-order valence-electron chi connectivity index (χ2n) is 10.0. The second kappa shape index (κ2) is 10.6. The Morgan fingerprint density at radius 2 is 1.89 bits per heavy atom. The van der Waals surface area contributed by atoms with Gasteiger partial charge in [0, 0.05) is 25.2 Å². The van der Waals surface area contributed by atoms with Gasteiger partial charge in [-0.15, -0.1) is 0 Å². The molecule has 0 amide bonds. The van der Waals surface area contributed by atoms with Gasteiger partial charge in [-0.25, -0.2) is 4.90 Å². The molecular weight excluding hydrogens is 477 g/mol. The molecule has 2 N–H and O–H groups in total. The van der Waals surface area contributed by atoms with Crippen LogP contribution in [0, 0.1) is 12.8 Å². The van der Waals surface area contributed by atoms with Gasteiger partial charge in [0.25, 0.3) is 6.01 Å². The minimum Gasteiger partial charge on any atom is -0.481 e. The van der Waals surface area contributed by atoms with Gasteiger partial charge in [-0.1, -0.05) is 24.3 Å². The molecule has 2 aromatic carbocycles. The van der Waals surface area contributed by atoms with Crippen molar-refractivity contribution in [1.82, 2.24) is 9.88 Å². The Balaban J connectivity index is 1.28. The first-order valence-electron chi connectivity index (χ1n) is 12.9. The quantitative estimate of drug-likeness (QED) is 0.371. The molecule has 1 aliphatic carbocycles. The number of ketones is 1. The number of nitrogens with one attached hydrogen (secondary N) is 1. The van der Waals surface area contributed by atoms with Crippen molar-refractivity contribution in [3.8, 4) is 0 Å². The maximum absolute atomic E-state index is 16.4. The molecule has 0 spiro atoms. The fourth-order valence-electron chi connectivity index (χ4n) is 5.28.